The van der Waals surface area contributed by atoms with Crippen molar-refractivity contribution < 1.29 is 10.0 Å². The molecule has 1 fully saturated rings. The van der Waals surface area contributed by atoms with Gasteiger partial charge in [0.1, 0.15) is 6.33 Å². The molecule has 1 aliphatic rings. The molecule has 1 N–H and O–H groups in total. The van der Waals surface area contributed by atoms with E-state index in [1.54, 1.807) is 4.90 Å². The van der Waals surface area contributed by atoms with Crippen molar-refractivity contribution >= 4 is 17.3 Å². The van der Waals surface area contributed by atoms with Gasteiger partial charge in [-0.05, 0) is 26.2 Å². The average molecular weight is 295 g/mol. The van der Waals surface area contributed by atoms with E-state index in [1.165, 1.54) is 6.33 Å². The van der Waals surface area contributed by atoms with Gasteiger partial charge in [-0.3, -0.25) is 10.1 Å². The molecule has 2 heterocycles. The highest BCUT2D eigenvalue weighted by atomic mass is 16.6. The number of nitrogens with zero attached hydrogens (tertiary/aromatic N) is 5. The third-order valence-electron chi connectivity index (χ3n) is 3.67. The number of hydrogen-bond acceptors (Lipinski definition) is 7. The number of aliphatic hydroxyl groups is 1. The van der Waals surface area contributed by atoms with Gasteiger partial charge in [0.05, 0.1) is 11.5 Å². The van der Waals surface area contributed by atoms with Crippen LogP contribution in [-0.4, -0.2) is 52.8 Å². The largest absolute Gasteiger partial charge is 0.395 e. The van der Waals surface area contributed by atoms with Crippen molar-refractivity contribution in [3.63, 3.8) is 0 Å². The van der Waals surface area contributed by atoms with Crippen LogP contribution < -0.4 is 9.80 Å². The zero-order chi connectivity index (χ0) is 15.2. The van der Waals surface area contributed by atoms with Gasteiger partial charge in [0.15, 0.2) is 0 Å². The fourth-order valence-electron chi connectivity index (χ4n) is 2.63. The van der Waals surface area contributed by atoms with E-state index >= 15 is 0 Å². The Hall–Kier alpha value is -1.96. The molecule has 1 aliphatic heterocycles. The standard InChI is InChI=1S/C13H21N5O3/c1-2-16(8-9-19)12-11(18(20)21)13(15-10-14-12)17-6-4-3-5-7-17/h10,19H,2-9H2,1H3. The molecule has 0 aromatic carbocycles. The average Bonchev–Trinajstić information content (AvgIpc) is 2.52. The van der Waals surface area contributed by atoms with Gasteiger partial charge in [0.25, 0.3) is 0 Å². The van der Waals surface area contributed by atoms with Crippen molar-refractivity contribution in [2.75, 3.05) is 42.6 Å². The maximum absolute atomic E-state index is 11.5. The number of rotatable bonds is 6. The normalized spacial score (nSPS) is 15.0. The summed E-state index contributed by atoms with van der Waals surface area (Å²) in [6, 6.07) is 0. The van der Waals surface area contributed by atoms with Crippen molar-refractivity contribution in [1.29, 1.82) is 0 Å². The van der Waals surface area contributed by atoms with Gasteiger partial charge in [-0.25, -0.2) is 9.97 Å². The predicted octanol–water partition coefficient (Wildman–Crippen LogP) is 1.19. The Bertz CT molecular complexity index is 468. The molecular weight excluding hydrogens is 274 g/mol. The molecule has 8 heteroatoms. The predicted molar refractivity (Wildman–Crippen MR) is 79.7 cm³/mol. The lowest BCUT2D eigenvalue weighted by atomic mass is 10.1. The van der Waals surface area contributed by atoms with Gasteiger partial charge >= 0.3 is 5.69 Å². The minimum Gasteiger partial charge on any atom is -0.395 e. The van der Waals surface area contributed by atoms with E-state index in [2.05, 4.69) is 9.97 Å². The monoisotopic (exact) mass is 295 g/mol. The highest BCUT2D eigenvalue weighted by Crippen LogP contribution is 2.35. The van der Waals surface area contributed by atoms with Crippen LogP contribution in [0.2, 0.25) is 0 Å². The first-order chi connectivity index (χ1) is 10.2. The minimum atomic E-state index is -0.417. The third-order valence-corrected chi connectivity index (χ3v) is 3.67. The number of aliphatic hydroxyl groups excluding tert-OH is 1. The lowest BCUT2D eigenvalue weighted by Gasteiger charge is -2.28. The molecule has 21 heavy (non-hydrogen) atoms. The highest BCUT2D eigenvalue weighted by Gasteiger charge is 2.29. The zero-order valence-corrected chi connectivity index (χ0v) is 12.2. The summed E-state index contributed by atoms with van der Waals surface area (Å²) in [6.07, 6.45) is 4.55. The molecule has 1 saturated heterocycles. The molecule has 1 aromatic heterocycles. The molecule has 0 radical (unpaired) electrons. The van der Waals surface area contributed by atoms with Crippen LogP contribution in [0.1, 0.15) is 26.2 Å². The van der Waals surface area contributed by atoms with Gasteiger partial charge in [-0.15, -0.1) is 0 Å². The Labute approximate surface area is 123 Å². The lowest BCUT2D eigenvalue weighted by Crippen LogP contribution is -2.33. The zero-order valence-electron chi connectivity index (χ0n) is 12.2. The fraction of sp³-hybridized carbons (Fsp3) is 0.692. The topological polar surface area (TPSA) is 95.6 Å². The van der Waals surface area contributed by atoms with Gasteiger partial charge < -0.3 is 14.9 Å². The van der Waals surface area contributed by atoms with Crippen LogP contribution in [0.4, 0.5) is 17.3 Å². The van der Waals surface area contributed by atoms with Crippen LogP contribution >= 0.6 is 0 Å². The van der Waals surface area contributed by atoms with Crippen LogP contribution in [0.5, 0.6) is 0 Å². The minimum absolute atomic E-state index is 0.0605. The van der Waals surface area contributed by atoms with Crippen LogP contribution in [0.15, 0.2) is 6.33 Å². The first-order valence-electron chi connectivity index (χ1n) is 7.29. The second-order valence-corrected chi connectivity index (χ2v) is 4.98. The van der Waals surface area contributed by atoms with E-state index in [4.69, 9.17) is 5.11 Å². The van der Waals surface area contributed by atoms with Crippen LogP contribution in [0, 0.1) is 10.1 Å². The second kappa shape index (κ2) is 7.16. The number of anilines is 2. The van der Waals surface area contributed by atoms with Gasteiger partial charge in [0, 0.05) is 26.2 Å². The fourth-order valence-corrected chi connectivity index (χ4v) is 2.63. The van der Waals surface area contributed by atoms with Crippen molar-refractivity contribution in [2.45, 2.75) is 26.2 Å². The number of aromatic nitrogens is 2. The molecule has 0 bridgehead atoms. The summed E-state index contributed by atoms with van der Waals surface area (Å²) in [7, 11) is 0. The van der Waals surface area contributed by atoms with E-state index < -0.39 is 4.92 Å². The van der Waals surface area contributed by atoms with Crippen molar-refractivity contribution in [1.82, 2.24) is 9.97 Å². The quantitative estimate of drug-likeness (QED) is 0.622. The summed E-state index contributed by atoms with van der Waals surface area (Å²) in [5.41, 5.74) is -0.0605. The molecule has 0 amide bonds. The van der Waals surface area contributed by atoms with Gasteiger partial charge in [-0.2, -0.15) is 0 Å². The first kappa shape index (κ1) is 15.4. The van der Waals surface area contributed by atoms with E-state index in [0.717, 1.165) is 32.4 Å². The molecule has 0 aliphatic carbocycles. The number of likely N-dealkylation sites (N-methyl/N-ethyl adjacent to an activating group) is 1. The summed E-state index contributed by atoms with van der Waals surface area (Å²) in [5, 5.41) is 20.6. The van der Waals surface area contributed by atoms with E-state index in [9.17, 15) is 10.1 Å². The Morgan fingerprint density at radius 2 is 2.10 bits per heavy atom. The Balaban J connectivity index is 2.43. The highest BCUT2D eigenvalue weighted by molar-refractivity contribution is 5.71. The van der Waals surface area contributed by atoms with Crippen molar-refractivity contribution in [3.05, 3.63) is 16.4 Å². The van der Waals surface area contributed by atoms with E-state index in [0.29, 0.717) is 18.9 Å². The van der Waals surface area contributed by atoms with E-state index in [1.807, 2.05) is 11.8 Å². The molecule has 2 rings (SSSR count). The molecule has 0 atom stereocenters. The Morgan fingerprint density at radius 1 is 1.38 bits per heavy atom. The molecular formula is C13H21N5O3. The number of hydrogen-bond donors (Lipinski definition) is 1. The molecule has 1 aromatic rings. The second-order valence-electron chi connectivity index (χ2n) is 4.98. The molecule has 116 valence electrons. The smallest absolute Gasteiger partial charge is 0.353 e. The molecule has 0 unspecified atom stereocenters. The van der Waals surface area contributed by atoms with Crippen LogP contribution in [-0.2, 0) is 0 Å². The summed E-state index contributed by atoms with van der Waals surface area (Å²) in [4.78, 5) is 23.0. The number of piperidine rings is 1. The van der Waals surface area contributed by atoms with Crippen LogP contribution in [0.3, 0.4) is 0 Å². The maximum Gasteiger partial charge on any atom is 0.353 e. The summed E-state index contributed by atoms with van der Waals surface area (Å²) in [5.74, 6) is 0.674. The van der Waals surface area contributed by atoms with E-state index in [-0.39, 0.29) is 18.1 Å². The molecule has 0 saturated carbocycles. The maximum atomic E-state index is 11.5. The SMILES string of the molecule is CCN(CCO)c1ncnc(N2CCCCC2)c1[N+](=O)[O-]. The van der Waals surface area contributed by atoms with Crippen molar-refractivity contribution in [3.8, 4) is 0 Å². The van der Waals surface area contributed by atoms with Crippen molar-refractivity contribution in [2.24, 2.45) is 0 Å². The van der Waals surface area contributed by atoms with Crippen LogP contribution in [0.25, 0.3) is 0 Å². The van der Waals surface area contributed by atoms with Gasteiger partial charge in [0.2, 0.25) is 11.6 Å². The molecule has 0 spiro atoms. The lowest BCUT2D eigenvalue weighted by molar-refractivity contribution is -0.383. The molecule has 8 nitrogen and oxygen atoms in total. The Kier molecular flexibility index (Phi) is 5.26. The summed E-state index contributed by atoms with van der Waals surface area (Å²) >= 11 is 0. The van der Waals surface area contributed by atoms with Gasteiger partial charge in [-0.1, -0.05) is 0 Å². The summed E-state index contributed by atoms with van der Waals surface area (Å²) in [6.45, 7) is 4.22. The summed E-state index contributed by atoms with van der Waals surface area (Å²) < 4.78 is 0. The third kappa shape index (κ3) is 3.38. The number of nitro groups is 1. The Morgan fingerprint density at radius 3 is 2.67 bits per heavy atom. The first-order valence-corrected chi connectivity index (χ1v) is 7.29.